The minimum absolute atomic E-state index is 0.0138. The maximum absolute atomic E-state index is 10.9. The molecule has 0 radical (unpaired) electrons. The van der Waals surface area contributed by atoms with E-state index in [4.69, 9.17) is 0 Å². The highest BCUT2D eigenvalue weighted by Crippen LogP contribution is 2.23. The van der Waals surface area contributed by atoms with Crippen LogP contribution in [0.2, 0.25) is 0 Å². The summed E-state index contributed by atoms with van der Waals surface area (Å²) in [6, 6.07) is 8.29. The molecular formula is C13H15N5O2. The molecule has 0 bridgehead atoms. The fourth-order valence-corrected chi connectivity index (χ4v) is 1.75. The van der Waals surface area contributed by atoms with E-state index in [9.17, 15) is 10.1 Å². The van der Waals surface area contributed by atoms with E-state index in [1.165, 1.54) is 12.1 Å². The van der Waals surface area contributed by atoms with Gasteiger partial charge in [0.15, 0.2) is 0 Å². The molecule has 2 aromatic rings. The lowest BCUT2D eigenvalue weighted by atomic mass is 10.2. The zero-order chi connectivity index (χ0) is 14.5. The standard InChI is InChI=1S/C13H15N5O2/c1-9(11-5-3-4-6-15-11)16-13-8-10(18(19)20)7-12(14-2)17-13/h3-9H,1-2H3,(H2,14,16,17). The quantitative estimate of drug-likeness (QED) is 0.642. The van der Waals surface area contributed by atoms with Crippen LogP contribution in [0.4, 0.5) is 17.3 Å². The molecule has 0 aromatic carbocycles. The molecule has 20 heavy (non-hydrogen) atoms. The van der Waals surface area contributed by atoms with E-state index in [0.717, 1.165) is 5.69 Å². The van der Waals surface area contributed by atoms with Crippen molar-refractivity contribution in [2.45, 2.75) is 13.0 Å². The van der Waals surface area contributed by atoms with Gasteiger partial charge in [-0.15, -0.1) is 0 Å². The van der Waals surface area contributed by atoms with Crippen LogP contribution in [-0.2, 0) is 0 Å². The van der Waals surface area contributed by atoms with Crippen LogP contribution < -0.4 is 10.6 Å². The lowest BCUT2D eigenvalue weighted by Crippen LogP contribution is -2.10. The summed E-state index contributed by atoms with van der Waals surface area (Å²) in [5, 5.41) is 16.8. The Balaban J connectivity index is 2.24. The lowest BCUT2D eigenvalue weighted by Gasteiger charge is -2.14. The first-order valence-electron chi connectivity index (χ1n) is 6.12. The summed E-state index contributed by atoms with van der Waals surface area (Å²) in [6.45, 7) is 1.92. The highest BCUT2D eigenvalue weighted by molar-refractivity contribution is 5.55. The third-order valence-electron chi connectivity index (χ3n) is 2.77. The maximum Gasteiger partial charge on any atom is 0.276 e. The number of rotatable bonds is 5. The van der Waals surface area contributed by atoms with Crippen molar-refractivity contribution in [2.24, 2.45) is 0 Å². The zero-order valence-corrected chi connectivity index (χ0v) is 11.2. The molecule has 1 atom stereocenters. The first kappa shape index (κ1) is 13.7. The molecular weight excluding hydrogens is 258 g/mol. The van der Waals surface area contributed by atoms with E-state index in [0.29, 0.717) is 11.6 Å². The van der Waals surface area contributed by atoms with Gasteiger partial charge in [-0.2, -0.15) is 0 Å². The highest BCUT2D eigenvalue weighted by Gasteiger charge is 2.13. The van der Waals surface area contributed by atoms with Gasteiger partial charge in [-0.25, -0.2) is 4.98 Å². The second-order valence-electron chi connectivity index (χ2n) is 4.22. The van der Waals surface area contributed by atoms with Gasteiger partial charge in [-0.05, 0) is 19.1 Å². The van der Waals surface area contributed by atoms with E-state index in [1.54, 1.807) is 13.2 Å². The Morgan fingerprint density at radius 1 is 1.30 bits per heavy atom. The monoisotopic (exact) mass is 273 g/mol. The number of hydrogen-bond donors (Lipinski definition) is 2. The summed E-state index contributed by atoms with van der Waals surface area (Å²) in [5.74, 6) is 0.872. The topological polar surface area (TPSA) is 93.0 Å². The molecule has 7 nitrogen and oxygen atoms in total. The van der Waals surface area contributed by atoms with Gasteiger partial charge < -0.3 is 10.6 Å². The van der Waals surface area contributed by atoms with Gasteiger partial charge in [-0.1, -0.05) is 6.07 Å². The first-order valence-corrected chi connectivity index (χ1v) is 6.12. The van der Waals surface area contributed by atoms with Gasteiger partial charge in [0.1, 0.15) is 11.6 Å². The molecule has 0 saturated heterocycles. The fourth-order valence-electron chi connectivity index (χ4n) is 1.75. The van der Waals surface area contributed by atoms with Crippen LogP contribution in [0.3, 0.4) is 0 Å². The third-order valence-corrected chi connectivity index (χ3v) is 2.77. The molecule has 1 unspecified atom stereocenters. The van der Waals surface area contributed by atoms with Gasteiger partial charge in [0, 0.05) is 13.2 Å². The molecule has 0 aliphatic carbocycles. The summed E-state index contributed by atoms with van der Waals surface area (Å²) in [6.07, 6.45) is 1.70. The number of pyridine rings is 2. The average Bonchev–Trinajstić information content (AvgIpc) is 2.47. The minimum Gasteiger partial charge on any atom is -0.373 e. The summed E-state index contributed by atoms with van der Waals surface area (Å²) in [4.78, 5) is 18.9. The Hall–Kier alpha value is -2.70. The Labute approximate surface area is 116 Å². The number of nitrogens with zero attached hydrogens (tertiary/aromatic N) is 3. The van der Waals surface area contributed by atoms with Crippen LogP contribution in [-0.4, -0.2) is 21.9 Å². The number of aromatic nitrogens is 2. The van der Waals surface area contributed by atoms with Gasteiger partial charge in [-0.3, -0.25) is 15.1 Å². The van der Waals surface area contributed by atoms with Crippen molar-refractivity contribution in [1.29, 1.82) is 0 Å². The van der Waals surface area contributed by atoms with E-state index in [1.807, 2.05) is 25.1 Å². The molecule has 2 N–H and O–H groups in total. The molecule has 2 aromatic heterocycles. The van der Waals surface area contributed by atoms with Gasteiger partial charge in [0.2, 0.25) is 0 Å². The predicted molar refractivity (Wildman–Crippen MR) is 76.7 cm³/mol. The van der Waals surface area contributed by atoms with Crippen LogP contribution in [0.25, 0.3) is 0 Å². The van der Waals surface area contributed by atoms with Crippen molar-refractivity contribution in [1.82, 2.24) is 9.97 Å². The number of anilines is 2. The molecule has 7 heteroatoms. The van der Waals surface area contributed by atoms with Crippen LogP contribution >= 0.6 is 0 Å². The van der Waals surface area contributed by atoms with E-state index >= 15 is 0 Å². The van der Waals surface area contributed by atoms with Crippen LogP contribution in [0.5, 0.6) is 0 Å². The lowest BCUT2D eigenvalue weighted by molar-refractivity contribution is -0.384. The van der Waals surface area contributed by atoms with E-state index < -0.39 is 4.92 Å². The Morgan fingerprint density at radius 3 is 2.65 bits per heavy atom. The van der Waals surface area contributed by atoms with Gasteiger partial charge in [0.25, 0.3) is 5.69 Å². The molecule has 0 amide bonds. The van der Waals surface area contributed by atoms with Crippen molar-refractivity contribution in [3.8, 4) is 0 Å². The molecule has 104 valence electrons. The number of hydrogen-bond acceptors (Lipinski definition) is 6. The van der Waals surface area contributed by atoms with Crippen LogP contribution in [0.15, 0.2) is 36.5 Å². The summed E-state index contributed by atoms with van der Waals surface area (Å²) in [5.41, 5.74) is 0.826. The van der Waals surface area contributed by atoms with Crippen molar-refractivity contribution >= 4 is 17.3 Å². The second kappa shape index (κ2) is 5.96. The fraction of sp³-hybridized carbons (Fsp3) is 0.231. The van der Waals surface area contributed by atoms with Crippen LogP contribution in [0, 0.1) is 10.1 Å². The SMILES string of the molecule is CNc1cc([N+](=O)[O-])cc(NC(C)c2ccccn2)n1. The summed E-state index contributed by atoms with van der Waals surface area (Å²) >= 11 is 0. The van der Waals surface area contributed by atoms with Gasteiger partial charge >= 0.3 is 0 Å². The molecule has 0 aliphatic rings. The third kappa shape index (κ3) is 3.19. The molecule has 0 aliphatic heterocycles. The Morgan fingerprint density at radius 2 is 2.05 bits per heavy atom. The maximum atomic E-state index is 10.9. The molecule has 2 heterocycles. The molecule has 0 spiro atoms. The summed E-state index contributed by atoms with van der Waals surface area (Å²) in [7, 11) is 1.66. The Bertz CT molecular complexity index is 603. The van der Waals surface area contributed by atoms with E-state index in [-0.39, 0.29) is 11.7 Å². The Kier molecular flexibility index (Phi) is 4.09. The molecule has 0 saturated carbocycles. The summed E-state index contributed by atoms with van der Waals surface area (Å²) < 4.78 is 0. The minimum atomic E-state index is -0.445. The molecule has 0 fully saturated rings. The number of nitrogens with one attached hydrogen (secondary N) is 2. The second-order valence-corrected chi connectivity index (χ2v) is 4.22. The van der Waals surface area contributed by atoms with Crippen molar-refractivity contribution in [2.75, 3.05) is 17.7 Å². The van der Waals surface area contributed by atoms with Gasteiger partial charge in [0.05, 0.1) is 28.8 Å². The largest absolute Gasteiger partial charge is 0.373 e. The predicted octanol–water partition coefficient (Wildman–Crippen LogP) is 2.60. The smallest absolute Gasteiger partial charge is 0.276 e. The normalized spacial score (nSPS) is 11.7. The zero-order valence-electron chi connectivity index (χ0n) is 11.2. The van der Waals surface area contributed by atoms with E-state index in [2.05, 4.69) is 20.6 Å². The van der Waals surface area contributed by atoms with Crippen molar-refractivity contribution in [3.63, 3.8) is 0 Å². The average molecular weight is 273 g/mol. The number of nitro groups is 1. The highest BCUT2D eigenvalue weighted by atomic mass is 16.6. The van der Waals surface area contributed by atoms with Crippen molar-refractivity contribution in [3.05, 3.63) is 52.3 Å². The van der Waals surface area contributed by atoms with Crippen LogP contribution in [0.1, 0.15) is 18.7 Å². The first-order chi connectivity index (χ1) is 9.60. The van der Waals surface area contributed by atoms with Crippen molar-refractivity contribution < 1.29 is 4.92 Å². The molecule has 2 rings (SSSR count).